The number of halogens is 3. The average molecular weight is 582 g/mol. The minimum absolute atomic E-state index is 0.769. The van der Waals surface area contributed by atoms with Gasteiger partial charge >= 0.3 is 0 Å². The molecule has 0 bridgehead atoms. The molecule has 0 fully saturated rings. The zero-order valence-corrected chi connectivity index (χ0v) is 20.9. The molecule has 0 saturated carbocycles. The fraction of sp³-hybridized carbons (Fsp3) is 0.250. The van der Waals surface area contributed by atoms with Crippen molar-refractivity contribution >= 4 is 64.9 Å². The summed E-state index contributed by atoms with van der Waals surface area (Å²) in [5.74, 6) is 0.917. The standard InChI is InChI=1S/C24H24Br3NO/c25-17-3-1-2-4-18-29-24-15-13-23(14-16-24)28(21-9-5-19(26)6-10-21)22-11-7-20(27)8-12-22/h5-16H,1-4,17-18H2. The molecule has 0 saturated heterocycles. The number of ether oxygens (including phenoxy) is 1. The highest BCUT2D eigenvalue weighted by Crippen LogP contribution is 2.36. The second-order valence-electron chi connectivity index (χ2n) is 6.73. The number of anilines is 3. The van der Waals surface area contributed by atoms with E-state index in [1.807, 2.05) is 0 Å². The van der Waals surface area contributed by atoms with Gasteiger partial charge in [0, 0.05) is 31.3 Å². The van der Waals surface area contributed by atoms with Gasteiger partial charge in [-0.2, -0.15) is 0 Å². The Morgan fingerprint density at radius 3 is 1.52 bits per heavy atom. The lowest BCUT2D eigenvalue weighted by molar-refractivity contribution is 0.305. The van der Waals surface area contributed by atoms with Crippen LogP contribution in [0.5, 0.6) is 5.75 Å². The molecular weight excluding hydrogens is 558 g/mol. The SMILES string of the molecule is BrCCCCCCOc1ccc(N(c2ccc(Br)cc2)c2ccc(Br)cc2)cc1. The molecule has 3 aromatic rings. The summed E-state index contributed by atoms with van der Waals surface area (Å²) in [6, 6.07) is 25.1. The molecule has 0 aliphatic heterocycles. The van der Waals surface area contributed by atoms with Gasteiger partial charge in [0.05, 0.1) is 6.61 Å². The smallest absolute Gasteiger partial charge is 0.119 e. The Morgan fingerprint density at radius 1 is 0.586 bits per heavy atom. The summed E-state index contributed by atoms with van der Waals surface area (Å²) in [5, 5.41) is 1.09. The van der Waals surface area contributed by atoms with E-state index in [0.717, 1.165) is 50.1 Å². The molecule has 0 N–H and O–H groups in total. The molecule has 0 aromatic heterocycles. The Bertz CT molecular complexity index is 819. The first-order valence-corrected chi connectivity index (χ1v) is 12.5. The maximum Gasteiger partial charge on any atom is 0.119 e. The lowest BCUT2D eigenvalue weighted by Gasteiger charge is -2.25. The van der Waals surface area contributed by atoms with Gasteiger partial charge in [-0.1, -0.05) is 60.6 Å². The highest BCUT2D eigenvalue weighted by atomic mass is 79.9. The van der Waals surface area contributed by atoms with Crippen LogP contribution in [0.25, 0.3) is 0 Å². The molecule has 0 radical (unpaired) electrons. The van der Waals surface area contributed by atoms with Crippen LogP contribution in [0.4, 0.5) is 17.1 Å². The summed E-state index contributed by atoms with van der Waals surface area (Å²) in [6.45, 7) is 0.769. The molecule has 152 valence electrons. The predicted molar refractivity (Wildman–Crippen MR) is 134 cm³/mol. The predicted octanol–water partition coefficient (Wildman–Crippen LogP) is 9.02. The van der Waals surface area contributed by atoms with Gasteiger partial charge in [-0.25, -0.2) is 0 Å². The fourth-order valence-electron chi connectivity index (χ4n) is 3.06. The normalized spacial score (nSPS) is 10.7. The van der Waals surface area contributed by atoms with Crippen molar-refractivity contribution in [2.24, 2.45) is 0 Å². The number of rotatable bonds is 10. The number of hydrogen-bond donors (Lipinski definition) is 0. The second kappa shape index (κ2) is 11.8. The van der Waals surface area contributed by atoms with E-state index in [1.54, 1.807) is 0 Å². The van der Waals surface area contributed by atoms with E-state index in [0.29, 0.717) is 0 Å². The Morgan fingerprint density at radius 2 is 1.03 bits per heavy atom. The van der Waals surface area contributed by atoms with E-state index in [1.165, 1.54) is 19.3 Å². The molecule has 0 heterocycles. The van der Waals surface area contributed by atoms with Crippen molar-refractivity contribution in [3.05, 3.63) is 81.7 Å². The highest BCUT2D eigenvalue weighted by Gasteiger charge is 2.12. The highest BCUT2D eigenvalue weighted by molar-refractivity contribution is 9.10. The molecule has 5 heteroatoms. The van der Waals surface area contributed by atoms with Crippen LogP contribution in [0, 0.1) is 0 Å². The molecule has 29 heavy (non-hydrogen) atoms. The monoisotopic (exact) mass is 579 g/mol. The third-order valence-corrected chi connectivity index (χ3v) is 6.18. The summed E-state index contributed by atoms with van der Waals surface area (Å²) >= 11 is 10.5. The Hall–Kier alpha value is -1.30. The maximum absolute atomic E-state index is 5.92. The van der Waals surface area contributed by atoms with Crippen LogP contribution in [0.2, 0.25) is 0 Å². The summed E-state index contributed by atoms with van der Waals surface area (Å²) < 4.78 is 8.05. The number of nitrogens with zero attached hydrogens (tertiary/aromatic N) is 1. The molecule has 0 atom stereocenters. The van der Waals surface area contributed by atoms with Crippen LogP contribution in [-0.4, -0.2) is 11.9 Å². The molecular formula is C24H24Br3NO. The second-order valence-corrected chi connectivity index (χ2v) is 9.36. The zero-order chi connectivity index (χ0) is 20.5. The van der Waals surface area contributed by atoms with Gasteiger partial charge in [-0.3, -0.25) is 0 Å². The summed E-state index contributed by atoms with van der Waals surface area (Å²) in [6.07, 6.45) is 4.79. The molecule has 0 aliphatic rings. The summed E-state index contributed by atoms with van der Waals surface area (Å²) in [5.41, 5.74) is 3.31. The summed E-state index contributed by atoms with van der Waals surface area (Å²) in [4.78, 5) is 2.24. The van der Waals surface area contributed by atoms with E-state index in [-0.39, 0.29) is 0 Å². The van der Waals surface area contributed by atoms with E-state index < -0.39 is 0 Å². The first-order valence-electron chi connectivity index (χ1n) is 9.77. The Labute approximate surface area is 198 Å². The average Bonchev–Trinajstić information content (AvgIpc) is 2.74. The number of benzene rings is 3. The van der Waals surface area contributed by atoms with E-state index in [2.05, 4.69) is 125 Å². The van der Waals surface area contributed by atoms with E-state index >= 15 is 0 Å². The number of alkyl halides is 1. The minimum Gasteiger partial charge on any atom is -0.494 e. The first-order chi connectivity index (χ1) is 14.2. The third kappa shape index (κ3) is 6.87. The van der Waals surface area contributed by atoms with Gasteiger partial charge in [0.25, 0.3) is 0 Å². The van der Waals surface area contributed by atoms with E-state index in [4.69, 9.17) is 4.74 Å². The molecule has 0 amide bonds. The molecule has 2 nitrogen and oxygen atoms in total. The van der Waals surface area contributed by atoms with Crippen LogP contribution in [0.1, 0.15) is 25.7 Å². The van der Waals surface area contributed by atoms with Crippen molar-refractivity contribution in [1.29, 1.82) is 0 Å². The van der Waals surface area contributed by atoms with Gasteiger partial charge < -0.3 is 9.64 Å². The summed E-state index contributed by atoms with van der Waals surface area (Å²) in [7, 11) is 0. The number of hydrogen-bond acceptors (Lipinski definition) is 2. The quantitative estimate of drug-likeness (QED) is 0.175. The van der Waals surface area contributed by atoms with Crippen molar-refractivity contribution in [3.8, 4) is 5.75 Å². The van der Waals surface area contributed by atoms with Crippen molar-refractivity contribution in [3.63, 3.8) is 0 Å². The molecule has 3 aromatic carbocycles. The van der Waals surface area contributed by atoms with Crippen molar-refractivity contribution in [2.75, 3.05) is 16.8 Å². The van der Waals surface area contributed by atoms with E-state index in [9.17, 15) is 0 Å². The molecule has 0 unspecified atom stereocenters. The Balaban J connectivity index is 1.74. The van der Waals surface area contributed by atoms with Gasteiger partial charge in [-0.15, -0.1) is 0 Å². The van der Waals surface area contributed by atoms with Crippen LogP contribution in [0.15, 0.2) is 81.7 Å². The van der Waals surface area contributed by atoms with Crippen molar-refractivity contribution in [1.82, 2.24) is 0 Å². The number of unbranched alkanes of at least 4 members (excludes halogenated alkanes) is 3. The molecule has 0 spiro atoms. The van der Waals surface area contributed by atoms with Crippen LogP contribution >= 0.6 is 47.8 Å². The van der Waals surface area contributed by atoms with Gasteiger partial charge in [-0.05, 0) is 85.6 Å². The largest absolute Gasteiger partial charge is 0.494 e. The maximum atomic E-state index is 5.92. The van der Waals surface area contributed by atoms with Gasteiger partial charge in [0.15, 0.2) is 0 Å². The van der Waals surface area contributed by atoms with Crippen LogP contribution < -0.4 is 9.64 Å². The molecule has 3 rings (SSSR count). The Kier molecular flexibility index (Phi) is 9.09. The topological polar surface area (TPSA) is 12.5 Å². The van der Waals surface area contributed by atoms with Crippen LogP contribution in [-0.2, 0) is 0 Å². The minimum atomic E-state index is 0.769. The lowest BCUT2D eigenvalue weighted by atomic mass is 10.2. The lowest BCUT2D eigenvalue weighted by Crippen LogP contribution is -2.09. The zero-order valence-electron chi connectivity index (χ0n) is 16.2. The van der Waals surface area contributed by atoms with Crippen LogP contribution in [0.3, 0.4) is 0 Å². The molecule has 0 aliphatic carbocycles. The van der Waals surface area contributed by atoms with Gasteiger partial charge in [0.2, 0.25) is 0 Å². The van der Waals surface area contributed by atoms with Gasteiger partial charge in [0.1, 0.15) is 5.75 Å². The third-order valence-electron chi connectivity index (χ3n) is 4.56. The first kappa shape index (κ1) is 22.4. The van der Waals surface area contributed by atoms with Crippen molar-refractivity contribution in [2.45, 2.75) is 25.7 Å². The van der Waals surface area contributed by atoms with Crippen molar-refractivity contribution < 1.29 is 4.74 Å². The fourth-order valence-corrected chi connectivity index (χ4v) is 3.98.